The SMILES string of the molecule is NN(N)C(=O)c1cc2ccccc2[nH]1. The first-order valence-electron chi connectivity index (χ1n) is 4.10. The van der Waals surface area contributed by atoms with E-state index in [0.717, 1.165) is 10.9 Å². The Hall–Kier alpha value is -1.85. The van der Waals surface area contributed by atoms with Crippen LogP contribution in [0.15, 0.2) is 30.3 Å². The summed E-state index contributed by atoms with van der Waals surface area (Å²) in [5, 5.41) is 1.52. The standard InChI is InChI=1S/C9H10N4O/c10-13(11)9(14)8-5-6-3-1-2-4-7(6)12-8/h1-5,12H,10-11H2. The molecule has 2 rings (SSSR count). The summed E-state index contributed by atoms with van der Waals surface area (Å²) in [6.45, 7) is 0. The van der Waals surface area contributed by atoms with Crippen molar-refractivity contribution >= 4 is 16.8 Å². The summed E-state index contributed by atoms with van der Waals surface area (Å²) in [6.07, 6.45) is 0. The second-order valence-electron chi connectivity index (χ2n) is 2.98. The summed E-state index contributed by atoms with van der Waals surface area (Å²) >= 11 is 0. The Labute approximate surface area is 80.2 Å². The van der Waals surface area contributed by atoms with Crippen molar-refractivity contribution in [3.63, 3.8) is 0 Å². The number of carbonyl (C=O) groups is 1. The lowest BCUT2D eigenvalue weighted by Crippen LogP contribution is -2.43. The second-order valence-corrected chi connectivity index (χ2v) is 2.98. The van der Waals surface area contributed by atoms with Crippen molar-refractivity contribution in [3.05, 3.63) is 36.0 Å². The Balaban J connectivity index is 2.50. The summed E-state index contributed by atoms with van der Waals surface area (Å²) in [6, 6.07) is 9.27. The number of benzene rings is 1. The van der Waals surface area contributed by atoms with Crippen molar-refractivity contribution in [2.75, 3.05) is 0 Å². The number of hydrogen-bond donors (Lipinski definition) is 3. The van der Waals surface area contributed by atoms with E-state index >= 15 is 0 Å². The van der Waals surface area contributed by atoms with Gasteiger partial charge in [0.15, 0.2) is 0 Å². The van der Waals surface area contributed by atoms with Gasteiger partial charge in [0.1, 0.15) is 5.69 Å². The number of nitrogens with zero attached hydrogens (tertiary/aromatic N) is 1. The summed E-state index contributed by atoms with van der Waals surface area (Å²) in [4.78, 5) is 14.3. The van der Waals surface area contributed by atoms with Crippen LogP contribution < -0.4 is 11.7 Å². The smallest absolute Gasteiger partial charge is 0.298 e. The molecule has 0 unspecified atom stereocenters. The van der Waals surface area contributed by atoms with E-state index in [4.69, 9.17) is 11.7 Å². The average Bonchev–Trinajstić information content (AvgIpc) is 2.59. The fourth-order valence-electron chi connectivity index (χ4n) is 1.33. The lowest BCUT2D eigenvalue weighted by molar-refractivity contribution is 0.0750. The van der Waals surface area contributed by atoms with Crippen molar-refractivity contribution in [3.8, 4) is 0 Å². The van der Waals surface area contributed by atoms with E-state index in [1.54, 1.807) is 6.07 Å². The first-order valence-corrected chi connectivity index (χ1v) is 4.10. The van der Waals surface area contributed by atoms with E-state index < -0.39 is 5.91 Å². The van der Waals surface area contributed by atoms with Gasteiger partial charge in [-0.2, -0.15) is 0 Å². The van der Waals surface area contributed by atoms with E-state index in [9.17, 15) is 4.79 Å². The maximum absolute atomic E-state index is 11.4. The highest BCUT2D eigenvalue weighted by Gasteiger charge is 2.11. The normalized spacial score (nSPS) is 10.4. The topological polar surface area (TPSA) is 88.1 Å². The van der Waals surface area contributed by atoms with E-state index in [0.29, 0.717) is 10.8 Å². The predicted octanol–water partition coefficient (Wildman–Crippen LogP) is 0.357. The Bertz CT molecular complexity index is 441. The van der Waals surface area contributed by atoms with Crippen molar-refractivity contribution in [1.82, 2.24) is 10.1 Å². The van der Waals surface area contributed by atoms with Gasteiger partial charge < -0.3 is 4.98 Å². The van der Waals surface area contributed by atoms with Crippen LogP contribution in [0, 0.1) is 0 Å². The Morgan fingerprint density at radius 1 is 1.29 bits per heavy atom. The number of rotatable bonds is 1. The Morgan fingerprint density at radius 2 is 2.00 bits per heavy atom. The van der Waals surface area contributed by atoms with Crippen LogP contribution in [0.2, 0.25) is 0 Å². The molecule has 1 heterocycles. The second kappa shape index (κ2) is 3.13. The highest BCUT2D eigenvalue weighted by atomic mass is 16.2. The molecule has 0 aliphatic carbocycles. The van der Waals surface area contributed by atoms with E-state index in [1.807, 2.05) is 24.3 Å². The van der Waals surface area contributed by atoms with Gasteiger partial charge in [-0.05, 0) is 12.1 Å². The van der Waals surface area contributed by atoms with Gasteiger partial charge >= 0.3 is 0 Å². The third kappa shape index (κ3) is 1.34. The van der Waals surface area contributed by atoms with Crippen LogP contribution >= 0.6 is 0 Å². The van der Waals surface area contributed by atoms with Gasteiger partial charge in [0.25, 0.3) is 5.91 Å². The molecule has 5 heteroatoms. The molecular weight excluding hydrogens is 180 g/mol. The minimum Gasteiger partial charge on any atom is -0.350 e. The number of aromatic nitrogens is 1. The quantitative estimate of drug-likeness (QED) is 0.344. The van der Waals surface area contributed by atoms with Crippen LogP contribution in [0.1, 0.15) is 10.5 Å². The number of fused-ring (bicyclic) bond motifs is 1. The molecule has 0 spiro atoms. The molecule has 1 aromatic heterocycles. The van der Waals surface area contributed by atoms with Gasteiger partial charge in [-0.25, -0.2) is 16.8 Å². The molecular formula is C9H10N4O. The minimum atomic E-state index is -0.443. The summed E-state index contributed by atoms with van der Waals surface area (Å²) in [7, 11) is 0. The van der Waals surface area contributed by atoms with E-state index in [2.05, 4.69) is 4.98 Å². The maximum Gasteiger partial charge on any atom is 0.298 e. The number of H-pyrrole nitrogens is 1. The first-order chi connectivity index (χ1) is 6.68. The van der Waals surface area contributed by atoms with E-state index in [-0.39, 0.29) is 0 Å². The summed E-state index contributed by atoms with van der Waals surface area (Å²) in [5.41, 5.74) is 1.27. The fraction of sp³-hybridized carbons (Fsp3) is 0. The molecule has 0 radical (unpaired) electrons. The van der Waals surface area contributed by atoms with E-state index in [1.165, 1.54) is 0 Å². The number of carbonyl (C=O) groups excluding carboxylic acids is 1. The summed E-state index contributed by atoms with van der Waals surface area (Å²) < 4.78 is 0. The number of amides is 1. The third-order valence-electron chi connectivity index (χ3n) is 1.99. The van der Waals surface area contributed by atoms with Crippen LogP contribution in [0.5, 0.6) is 0 Å². The van der Waals surface area contributed by atoms with Gasteiger partial charge in [-0.1, -0.05) is 18.2 Å². The summed E-state index contributed by atoms with van der Waals surface area (Å²) in [5.74, 6) is 9.82. The molecule has 0 atom stereocenters. The molecule has 5 N–H and O–H groups in total. The number of hydrazine groups is 2. The Kier molecular flexibility index (Phi) is 1.95. The monoisotopic (exact) mass is 190 g/mol. The molecule has 2 aromatic rings. The fourth-order valence-corrected chi connectivity index (χ4v) is 1.33. The van der Waals surface area contributed by atoms with Crippen molar-refractivity contribution in [1.29, 1.82) is 0 Å². The Morgan fingerprint density at radius 3 is 2.64 bits per heavy atom. The predicted molar refractivity (Wildman–Crippen MR) is 52.8 cm³/mol. The van der Waals surface area contributed by atoms with Crippen molar-refractivity contribution in [2.45, 2.75) is 0 Å². The molecule has 1 aromatic carbocycles. The van der Waals surface area contributed by atoms with Crippen LogP contribution in [0.25, 0.3) is 10.9 Å². The number of para-hydroxylation sites is 1. The maximum atomic E-state index is 11.4. The highest BCUT2D eigenvalue weighted by molar-refractivity contribution is 5.97. The third-order valence-corrected chi connectivity index (χ3v) is 1.99. The molecule has 0 saturated heterocycles. The number of nitrogens with one attached hydrogen (secondary N) is 1. The molecule has 72 valence electrons. The van der Waals surface area contributed by atoms with Crippen molar-refractivity contribution in [2.24, 2.45) is 11.7 Å². The first kappa shape index (κ1) is 8.74. The number of hydrogen-bond acceptors (Lipinski definition) is 3. The van der Waals surface area contributed by atoms with Gasteiger partial charge in [0.2, 0.25) is 0 Å². The molecule has 5 nitrogen and oxygen atoms in total. The van der Waals surface area contributed by atoms with Gasteiger partial charge in [0.05, 0.1) is 0 Å². The van der Waals surface area contributed by atoms with Crippen LogP contribution in [0.3, 0.4) is 0 Å². The average molecular weight is 190 g/mol. The van der Waals surface area contributed by atoms with Gasteiger partial charge in [0, 0.05) is 10.9 Å². The van der Waals surface area contributed by atoms with Crippen molar-refractivity contribution < 1.29 is 4.79 Å². The largest absolute Gasteiger partial charge is 0.350 e. The molecule has 14 heavy (non-hydrogen) atoms. The number of aromatic amines is 1. The number of nitrogens with two attached hydrogens (primary N) is 2. The lowest BCUT2D eigenvalue weighted by Gasteiger charge is -2.06. The molecule has 0 fully saturated rings. The molecule has 0 aliphatic heterocycles. The lowest BCUT2D eigenvalue weighted by atomic mass is 10.2. The zero-order chi connectivity index (χ0) is 10.1. The minimum absolute atomic E-state index is 0.385. The molecule has 0 saturated carbocycles. The molecule has 1 amide bonds. The van der Waals surface area contributed by atoms with Crippen LogP contribution in [-0.4, -0.2) is 16.0 Å². The highest BCUT2D eigenvalue weighted by Crippen LogP contribution is 2.14. The molecule has 0 bridgehead atoms. The van der Waals surface area contributed by atoms with Crippen LogP contribution in [-0.2, 0) is 0 Å². The zero-order valence-electron chi connectivity index (χ0n) is 7.40. The van der Waals surface area contributed by atoms with Gasteiger partial charge in [-0.15, -0.1) is 0 Å². The van der Waals surface area contributed by atoms with Gasteiger partial charge in [-0.3, -0.25) is 4.79 Å². The molecule has 0 aliphatic rings. The van der Waals surface area contributed by atoms with Crippen LogP contribution in [0.4, 0.5) is 0 Å². The zero-order valence-corrected chi connectivity index (χ0v) is 7.40.